The number of benzene rings is 2. The van der Waals surface area contributed by atoms with E-state index in [0.717, 1.165) is 23.9 Å². The summed E-state index contributed by atoms with van der Waals surface area (Å²) in [6.07, 6.45) is 3.02. The van der Waals surface area contributed by atoms with Crippen LogP contribution >= 0.6 is 0 Å². The van der Waals surface area contributed by atoms with E-state index in [1.54, 1.807) is 36.2 Å². The van der Waals surface area contributed by atoms with Gasteiger partial charge in [0.1, 0.15) is 12.1 Å². The molecule has 1 aliphatic rings. The lowest BCUT2D eigenvalue weighted by atomic mass is 9.87. The smallest absolute Gasteiger partial charge is 0.278 e. The molecule has 0 fully saturated rings. The van der Waals surface area contributed by atoms with E-state index in [1.165, 1.54) is 11.1 Å². The molecule has 26 heavy (non-hydrogen) atoms. The van der Waals surface area contributed by atoms with Gasteiger partial charge in [0.2, 0.25) is 5.91 Å². The minimum atomic E-state index is -0.290. The number of nitrogens with zero attached hydrogens (tertiary/aromatic N) is 4. The summed E-state index contributed by atoms with van der Waals surface area (Å²) in [6.45, 7) is -0.105. The summed E-state index contributed by atoms with van der Waals surface area (Å²) in [4.78, 5) is 27.1. The predicted molar refractivity (Wildman–Crippen MR) is 98.7 cm³/mol. The fraction of sp³-hybridized carbons (Fsp3) is 0.300. The summed E-state index contributed by atoms with van der Waals surface area (Å²) in [5.74, 6) is -0.140. The lowest BCUT2D eigenvalue weighted by molar-refractivity contribution is -0.133. The molecule has 0 saturated heterocycles. The van der Waals surface area contributed by atoms with Crippen molar-refractivity contribution in [2.45, 2.75) is 31.8 Å². The molecular weight excluding hydrogens is 328 g/mol. The van der Waals surface area contributed by atoms with Crippen LogP contribution in [0.4, 0.5) is 0 Å². The molecule has 0 radical (unpaired) electrons. The zero-order valence-corrected chi connectivity index (χ0v) is 14.6. The number of hydrogen-bond acceptors (Lipinski definition) is 4. The van der Waals surface area contributed by atoms with Crippen molar-refractivity contribution in [3.8, 4) is 0 Å². The summed E-state index contributed by atoms with van der Waals surface area (Å²) in [6, 6.07) is 15.3. The summed E-state index contributed by atoms with van der Waals surface area (Å²) < 4.78 is 1.15. The summed E-state index contributed by atoms with van der Waals surface area (Å²) in [5, 5.41) is 8.44. The second-order valence-electron chi connectivity index (χ2n) is 6.68. The van der Waals surface area contributed by atoms with E-state index in [0.29, 0.717) is 10.9 Å². The van der Waals surface area contributed by atoms with Crippen LogP contribution in [0.2, 0.25) is 0 Å². The lowest BCUT2D eigenvalue weighted by Crippen LogP contribution is -2.38. The molecule has 1 aliphatic carbocycles. The number of amides is 1. The molecule has 3 aromatic rings. The molecule has 0 N–H and O–H groups in total. The zero-order valence-electron chi connectivity index (χ0n) is 14.6. The quantitative estimate of drug-likeness (QED) is 0.728. The van der Waals surface area contributed by atoms with Gasteiger partial charge < -0.3 is 4.90 Å². The van der Waals surface area contributed by atoms with Crippen molar-refractivity contribution in [3.05, 3.63) is 70.0 Å². The third-order valence-corrected chi connectivity index (χ3v) is 5.11. The minimum absolute atomic E-state index is 0.0385. The minimum Gasteiger partial charge on any atom is -0.337 e. The third-order valence-electron chi connectivity index (χ3n) is 5.11. The molecule has 4 rings (SSSR count). The molecule has 132 valence electrons. The van der Waals surface area contributed by atoms with Gasteiger partial charge in [-0.2, -0.15) is 0 Å². The Hall–Kier alpha value is -3.02. The van der Waals surface area contributed by atoms with Crippen LogP contribution in [-0.2, 0) is 17.8 Å². The van der Waals surface area contributed by atoms with E-state index in [9.17, 15) is 9.59 Å². The first-order chi connectivity index (χ1) is 12.6. The zero-order chi connectivity index (χ0) is 18.1. The van der Waals surface area contributed by atoms with Gasteiger partial charge in [-0.15, -0.1) is 5.10 Å². The van der Waals surface area contributed by atoms with Crippen molar-refractivity contribution in [3.63, 3.8) is 0 Å². The topological polar surface area (TPSA) is 68.1 Å². The molecule has 0 aliphatic heterocycles. The number of likely N-dealkylation sites (N-methyl/N-ethyl adjacent to an activating group) is 1. The van der Waals surface area contributed by atoms with Gasteiger partial charge in [-0.1, -0.05) is 41.6 Å². The molecule has 1 heterocycles. The van der Waals surface area contributed by atoms with Gasteiger partial charge in [0.15, 0.2) is 0 Å². The van der Waals surface area contributed by atoms with Gasteiger partial charge in [0, 0.05) is 7.05 Å². The largest absolute Gasteiger partial charge is 0.337 e. The molecule has 0 spiro atoms. The molecule has 1 aromatic heterocycles. The molecule has 6 heteroatoms. The Morgan fingerprint density at radius 2 is 1.96 bits per heavy atom. The molecule has 0 saturated carbocycles. The molecule has 6 nitrogen and oxygen atoms in total. The SMILES string of the molecule is CN(C(=O)Cn1nnc2ccccc2c1=O)[C@@H]1CCCc2ccccc21. The van der Waals surface area contributed by atoms with E-state index in [1.807, 2.05) is 12.1 Å². The highest BCUT2D eigenvalue weighted by Gasteiger charge is 2.26. The second-order valence-corrected chi connectivity index (χ2v) is 6.68. The van der Waals surface area contributed by atoms with Gasteiger partial charge in [-0.05, 0) is 42.5 Å². The van der Waals surface area contributed by atoms with Crippen LogP contribution in [0.15, 0.2) is 53.3 Å². The highest BCUT2D eigenvalue weighted by atomic mass is 16.2. The number of carbonyl (C=O) groups is 1. The van der Waals surface area contributed by atoms with Crippen molar-refractivity contribution in [1.82, 2.24) is 19.9 Å². The summed E-state index contributed by atoms with van der Waals surface area (Å²) in [7, 11) is 1.80. The number of aromatic nitrogens is 3. The Labute approximate surface area is 151 Å². The van der Waals surface area contributed by atoms with Crippen LogP contribution in [0.5, 0.6) is 0 Å². The maximum atomic E-state index is 12.8. The number of aryl methyl sites for hydroxylation is 1. The Kier molecular flexibility index (Phi) is 4.24. The fourth-order valence-corrected chi connectivity index (χ4v) is 3.67. The van der Waals surface area contributed by atoms with Crippen molar-refractivity contribution in [2.75, 3.05) is 7.05 Å². The first-order valence-electron chi connectivity index (χ1n) is 8.81. The highest BCUT2D eigenvalue weighted by Crippen LogP contribution is 2.33. The summed E-state index contributed by atoms with van der Waals surface area (Å²) in [5.41, 5.74) is 2.75. The number of carbonyl (C=O) groups excluding carboxylic acids is 1. The van der Waals surface area contributed by atoms with Crippen LogP contribution in [0.25, 0.3) is 10.9 Å². The second kappa shape index (κ2) is 6.71. The standard InChI is InChI=1S/C20H20N4O2/c1-23(18-12-6-8-14-7-2-3-9-15(14)18)19(25)13-24-20(26)16-10-4-5-11-17(16)21-22-24/h2-5,7,9-11,18H,6,8,12-13H2,1H3/t18-/m1/s1. The van der Waals surface area contributed by atoms with Gasteiger partial charge >= 0.3 is 0 Å². The first-order valence-corrected chi connectivity index (χ1v) is 8.81. The normalized spacial score (nSPS) is 16.3. The van der Waals surface area contributed by atoms with Crippen LogP contribution in [0.3, 0.4) is 0 Å². The Balaban J connectivity index is 1.59. The average Bonchev–Trinajstić information content (AvgIpc) is 2.69. The molecule has 0 bridgehead atoms. The van der Waals surface area contributed by atoms with Crippen LogP contribution in [0, 0.1) is 0 Å². The number of rotatable bonds is 3. The Morgan fingerprint density at radius 1 is 1.19 bits per heavy atom. The number of fused-ring (bicyclic) bond motifs is 2. The van der Waals surface area contributed by atoms with Crippen molar-refractivity contribution >= 4 is 16.8 Å². The average molecular weight is 348 g/mol. The van der Waals surface area contributed by atoms with E-state index in [2.05, 4.69) is 22.4 Å². The van der Waals surface area contributed by atoms with E-state index in [-0.39, 0.29) is 24.1 Å². The van der Waals surface area contributed by atoms with Crippen LogP contribution in [0.1, 0.15) is 30.0 Å². The molecule has 1 atom stereocenters. The van der Waals surface area contributed by atoms with E-state index >= 15 is 0 Å². The van der Waals surface area contributed by atoms with Gasteiger partial charge in [0.05, 0.1) is 11.4 Å². The lowest BCUT2D eigenvalue weighted by Gasteiger charge is -2.33. The molecular formula is C20H20N4O2. The van der Waals surface area contributed by atoms with Gasteiger partial charge in [-0.25, -0.2) is 4.68 Å². The van der Waals surface area contributed by atoms with E-state index in [4.69, 9.17) is 0 Å². The first kappa shape index (κ1) is 16.4. The van der Waals surface area contributed by atoms with Crippen LogP contribution in [-0.4, -0.2) is 32.8 Å². The Morgan fingerprint density at radius 3 is 2.85 bits per heavy atom. The van der Waals surface area contributed by atoms with Crippen molar-refractivity contribution in [1.29, 1.82) is 0 Å². The molecule has 2 aromatic carbocycles. The number of hydrogen-bond donors (Lipinski definition) is 0. The van der Waals surface area contributed by atoms with Crippen LogP contribution < -0.4 is 5.56 Å². The van der Waals surface area contributed by atoms with E-state index < -0.39 is 0 Å². The maximum absolute atomic E-state index is 12.8. The monoisotopic (exact) mass is 348 g/mol. The third kappa shape index (κ3) is 2.87. The maximum Gasteiger partial charge on any atom is 0.278 e. The Bertz CT molecular complexity index is 1030. The predicted octanol–water partition coefficient (Wildman–Crippen LogP) is 2.33. The van der Waals surface area contributed by atoms with Gasteiger partial charge in [-0.3, -0.25) is 9.59 Å². The summed E-state index contributed by atoms with van der Waals surface area (Å²) >= 11 is 0. The molecule has 0 unspecified atom stereocenters. The van der Waals surface area contributed by atoms with Gasteiger partial charge in [0.25, 0.3) is 5.56 Å². The fourth-order valence-electron chi connectivity index (χ4n) is 3.67. The molecule has 1 amide bonds. The van der Waals surface area contributed by atoms with Crippen molar-refractivity contribution in [2.24, 2.45) is 0 Å². The van der Waals surface area contributed by atoms with Crippen molar-refractivity contribution < 1.29 is 4.79 Å². The highest BCUT2D eigenvalue weighted by molar-refractivity contribution is 5.78.